The van der Waals surface area contributed by atoms with Gasteiger partial charge in [0.2, 0.25) is 0 Å². The van der Waals surface area contributed by atoms with Crippen molar-refractivity contribution in [2.24, 2.45) is 0 Å². The van der Waals surface area contributed by atoms with Gasteiger partial charge in [0.25, 0.3) is 5.91 Å². The zero-order chi connectivity index (χ0) is 21.0. The number of hydroxylamine groups is 2. The lowest BCUT2D eigenvalue weighted by atomic mass is 10.1. The Balaban J connectivity index is 1.92. The molecule has 152 valence electrons. The number of carbonyl (C=O) groups excluding carboxylic acids is 1. The molecule has 2 aromatic heterocycles. The Hall–Kier alpha value is -3.39. The Kier molecular flexibility index (Phi) is 6.13. The molecule has 3 aromatic rings. The van der Waals surface area contributed by atoms with E-state index in [1.807, 2.05) is 36.7 Å². The number of aromatic hydroxyl groups is 1. The zero-order valence-corrected chi connectivity index (χ0v) is 16.9. The maximum absolute atomic E-state index is 12.5. The largest absolute Gasteiger partial charge is 0.507 e. The number of hydrogen-bond acceptors (Lipinski definition) is 6. The number of pyridine rings is 1. The first kappa shape index (κ1) is 20.3. The van der Waals surface area contributed by atoms with Crippen molar-refractivity contribution in [2.75, 3.05) is 14.2 Å². The third kappa shape index (κ3) is 4.22. The standard InChI is InChI=1S/C21H24N4O4/c1-14(2)25-16(10-12-23-25)20-15(7-6-11-22-20)13-29-18-9-5-8-17(26)19(18)21(27)24(3)28-4/h5-12,14,26H,13H2,1-4H3. The Morgan fingerprint density at radius 3 is 2.72 bits per heavy atom. The molecular formula is C21H24N4O4. The molecule has 8 nitrogen and oxygen atoms in total. The van der Waals surface area contributed by atoms with Gasteiger partial charge in [0, 0.05) is 31.0 Å². The van der Waals surface area contributed by atoms with E-state index in [-0.39, 0.29) is 29.7 Å². The minimum atomic E-state index is -0.509. The lowest BCUT2D eigenvalue weighted by Crippen LogP contribution is -2.26. The molecule has 0 fully saturated rings. The molecule has 0 unspecified atom stereocenters. The molecule has 0 aliphatic heterocycles. The Morgan fingerprint density at radius 2 is 2.00 bits per heavy atom. The quantitative estimate of drug-likeness (QED) is 0.615. The van der Waals surface area contributed by atoms with Crippen LogP contribution in [0.5, 0.6) is 11.5 Å². The van der Waals surface area contributed by atoms with Gasteiger partial charge in [0.1, 0.15) is 23.7 Å². The van der Waals surface area contributed by atoms with Gasteiger partial charge in [-0.15, -0.1) is 0 Å². The van der Waals surface area contributed by atoms with Crippen LogP contribution in [0.3, 0.4) is 0 Å². The summed E-state index contributed by atoms with van der Waals surface area (Å²) >= 11 is 0. The average molecular weight is 396 g/mol. The maximum Gasteiger partial charge on any atom is 0.284 e. The van der Waals surface area contributed by atoms with Crippen molar-refractivity contribution in [3.8, 4) is 22.9 Å². The number of phenols is 1. The van der Waals surface area contributed by atoms with Gasteiger partial charge >= 0.3 is 0 Å². The normalized spacial score (nSPS) is 10.9. The molecule has 3 rings (SSSR count). The highest BCUT2D eigenvalue weighted by atomic mass is 16.7. The van der Waals surface area contributed by atoms with Crippen molar-refractivity contribution in [3.63, 3.8) is 0 Å². The van der Waals surface area contributed by atoms with E-state index in [4.69, 9.17) is 9.57 Å². The van der Waals surface area contributed by atoms with Gasteiger partial charge in [-0.25, -0.2) is 5.06 Å². The fourth-order valence-corrected chi connectivity index (χ4v) is 2.95. The number of amides is 1. The number of nitrogens with zero attached hydrogens (tertiary/aromatic N) is 4. The summed E-state index contributed by atoms with van der Waals surface area (Å²) in [7, 11) is 2.84. The first-order valence-corrected chi connectivity index (χ1v) is 9.18. The molecule has 0 aliphatic carbocycles. The number of ether oxygens (including phenoxy) is 1. The molecule has 1 aromatic carbocycles. The van der Waals surface area contributed by atoms with Gasteiger partial charge in [-0.05, 0) is 38.1 Å². The van der Waals surface area contributed by atoms with Gasteiger partial charge in [-0.1, -0.05) is 12.1 Å². The highest BCUT2D eigenvalue weighted by Crippen LogP contribution is 2.30. The van der Waals surface area contributed by atoms with Crippen LogP contribution >= 0.6 is 0 Å². The number of hydrogen-bond donors (Lipinski definition) is 1. The summed E-state index contributed by atoms with van der Waals surface area (Å²) in [6.45, 7) is 4.26. The predicted octanol–water partition coefficient (Wildman–Crippen LogP) is 3.44. The van der Waals surface area contributed by atoms with Gasteiger partial charge in [-0.2, -0.15) is 5.10 Å². The van der Waals surface area contributed by atoms with Crippen molar-refractivity contribution in [1.29, 1.82) is 0 Å². The first-order valence-electron chi connectivity index (χ1n) is 9.18. The van der Waals surface area contributed by atoms with Gasteiger partial charge < -0.3 is 9.84 Å². The molecule has 1 amide bonds. The predicted molar refractivity (Wildman–Crippen MR) is 107 cm³/mol. The molecule has 0 saturated carbocycles. The number of rotatable bonds is 7. The first-order chi connectivity index (χ1) is 13.9. The Labute approximate surface area is 169 Å². The van der Waals surface area contributed by atoms with Crippen LogP contribution in [-0.4, -0.2) is 45.0 Å². The minimum Gasteiger partial charge on any atom is -0.507 e. The highest BCUT2D eigenvalue weighted by Gasteiger charge is 2.22. The fraction of sp³-hybridized carbons (Fsp3) is 0.286. The third-order valence-electron chi connectivity index (χ3n) is 4.45. The third-order valence-corrected chi connectivity index (χ3v) is 4.45. The number of phenolic OH excluding ortho intramolecular Hbond substituents is 1. The van der Waals surface area contributed by atoms with Crippen LogP contribution in [0.25, 0.3) is 11.4 Å². The molecule has 0 aliphatic rings. The van der Waals surface area contributed by atoms with E-state index in [9.17, 15) is 9.90 Å². The molecule has 2 heterocycles. The molecule has 0 saturated heterocycles. The maximum atomic E-state index is 12.5. The van der Waals surface area contributed by atoms with Crippen LogP contribution in [0.1, 0.15) is 35.8 Å². The van der Waals surface area contributed by atoms with E-state index < -0.39 is 5.91 Å². The average Bonchev–Trinajstić information content (AvgIpc) is 3.21. The van der Waals surface area contributed by atoms with Crippen LogP contribution in [0.2, 0.25) is 0 Å². The summed E-state index contributed by atoms with van der Waals surface area (Å²) in [5.41, 5.74) is 2.50. The highest BCUT2D eigenvalue weighted by molar-refractivity contribution is 5.98. The van der Waals surface area contributed by atoms with Crippen LogP contribution in [-0.2, 0) is 11.4 Å². The van der Waals surface area contributed by atoms with Crippen molar-refractivity contribution in [3.05, 3.63) is 59.9 Å². The summed E-state index contributed by atoms with van der Waals surface area (Å²) in [5.74, 6) is -0.434. The summed E-state index contributed by atoms with van der Waals surface area (Å²) < 4.78 is 7.82. The summed E-state index contributed by atoms with van der Waals surface area (Å²) in [4.78, 5) is 22.0. The van der Waals surface area contributed by atoms with Gasteiger partial charge in [0.05, 0.1) is 18.5 Å². The molecule has 8 heteroatoms. The van der Waals surface area contributed by atoms with E-state index in [0.717, 1.165) is 22.0 Å². The molecule has 29 heavy (non-hydrogen) atoms. The second-order valence-corrected chi connectivity index (χ2v) is 6.69. The number of aromatic nitrogens is 3. The molecule has 0 radical (unpaired) electrons. The number of carbonyl (C=O) groups is 1. The van der Waals surface area contributed by atoms with Crippen molar-refractivity contribution in [1.82, 2.24) is 19.8 Å². The molecular weight excluding hydrogens is 372 g/mol. The van der Waals surface area contributed by atoms with E-state index >= 15 is 0 Å². The fourth-order valence-electron chi connectivity index (χ4n) is 2.95. The molecule has 0 spiro atoms. The minimum absolute atomic E-state index is 0.0366. The smallest absolute Gasteiger partial charge is 0.284 e. The van der Waals surface area contributed by atoms with Gasteiger partial charge in [0.15, 0.2) is 0 Å². The lowest BCUT2D eigenvalue weighted by molar-refractivity contribution is -0.0760. The van der Waals surface area contributed by atoms with E-state index in [1.165, 1.54) is 20.2 Å². The molecule has 1 N–H and O–H groups in total. The zero-order valence-electron chi connectivity index (χ0n) is 16.9. The van der Waals surface area contributed by atoms with E-state index in [1.54, 1.807) is 24.5 Å². The molecule has 0 bridgehead atoms. The molecule has 0 atom stereocenters. The van der Waals surface area contributed by atoms with Crippen molar-refractivity contribution >= 4 is 5.91 Å². The lowest BCUT2D eigenvalue weighted by Gasteiger charge is -2.18. The van der Waals surface area contributed by atoms with Crippen molar-refractivity contribution in [2.45, 2.75) is 26.5 Å². The Bertz CT molecular complexity index is 1000. The van der Waals surface area contributed by atoms with E-state index in [0.29, 0.717) is 0 Å². The van der Waals surface area contributed by atoms with Crippen LogP contribution < -0.4 is 4.74 Å². The Morgan fingerprint density at radius 1 is 1.21 bits per heavy atom. The SMILES string of the molecule is CON(C)C(=O)c1c(O)cccc1OCc1cccnc1-c1ccnn1C(C)C. The monoisotopic (exact) mass is 396 g/mol. The summed E-state index contributed by atoms with van der Waals surface area (Å²) in [6, 6.07) is 10.5. The van der Waals surface area contributed by atoms with Crippen LogP contribution in [0.15, 0.2) is 48.8 Å². The van der Waals surface area contributed by atoms with Gasteiger partial charge in [-0.3, -0.25) is 19.3 Å². The van der Waals surface area contributed by atoms with Crippen LogP contribution in [0, 0.1) is 0 Å². The van der Waals surface area contributed by atoms with E-state index in [2.05, 4.69) is 10.1 Å². The topological polar surface area (TPSA) is 89.7 Å². The summed E-state index contributed by atoms with van der Waals surface area (Å²) in [6.07, 6.45) is 3.45. The van der Waals surface area contributed by atoms with Crippen molar-refractivity contribution < 1.29 is 19.5 Å². The number of benzene rings is 1. The summed E-state index contributed by atoms with van der Waals surface area (Å²) in [5, 5.41) is 15.6. The second kappa shape index (κ2) is 8.74. The van der Waals surface area contributed by atoms with Crippen LogP contribution in [0.4, 0.5) is 0 Å². The second-order valence-electron chi connectivity index (χ2n) is 6.69.